The van der Waals surface area contributed by atoms with Gasteiger partial charge in [-0.25, -0.2) is 0 Å². The fourth-order valence-electron chi connectivity index (χ4n) is 3.16. The highest BCUT2D eigenvalue weighted by Gasteiger charge is 2.14. The van der Waals surface area contributed by atoms with E-state index in [9.17, 15) is 0 Å². The van der Waals surface area contributed by atoms with Gasteiger partial charge in [-0.3, -0.25) is 0 Å². The van der Waals surface area contributed by atoms with Crippen molar-refractivity contribution < 1.29 is 18.9 Å². The van der Waals surface area contributed by atoms with Crippen LogP contribution >= 0.6 is 11.6 Å². The van der Waals surface area contributed by atoms with Crippen molar-refractivity contribution in [2.24, 2.45) is 0 Å². The van der Waals surface area contributed by atoms with Crippen molar-refractivity contribution in [1.29, 1.82) is 0 Å². The van der Waals surface area contributed by atoms with Gasteiger partial charge in [0.05, 0.1) is 7.11 Å². The normalized spacial score (nSPS) is 12.3. The molecular weight excluding hydrogens is 390 g/mol. The summed E-state index contributed by atoms with van der Waals surface area (Å²) in [5.41, 5.74) is 2.92. The molecule has 0 unspecified atom stereocenters. The van der Waals surface area contributed by atoms with Crippen LogP contribution in [0, 0.1) is 0 Å². The third-order valence-electron chi connectivity index (χ3n) is 4.58. The fourth-order valence-corrected chi connectivity index (χ4v) is 3.37. The second-order valence-electron chi connectivity index (χ2n) is 6.58. The number of rotatable bonds is 7. The quantitative estimate of drug-likeness (QED) is 0.570. The van der Waals surface area contributed by atoms with Gasteiger partial charge in [0.2, 0.25) is 0 Å². The van der Waals surface area contributed by atoms with E-state index in [1.807, 2.05) is 60.7 Å². The third kappa shape index (κ3) is 4.69. The number of halogens is 1. The van der Waals surface area contributed by atoms with Crippen LogP contribution in [0.1, 0.15) is 11.1 Å². The van der Waals surface area contributed by atoms with Gasteiger partial charge in [0.15, 0.2) is 23.0 Å². The summed E-state index contributed by atoms with van der Waals surface area (Å²) >= 11 is 6.08. The first-order valence-corrected chi connectivity index (χ1v) is 9.77. The average molecular weight is 412 g/mol. The molecule has 150 valence electrons. The maximum absolute atomic E-state index is 6.11. The molecule has 0 aromatic heterocycles. The highest BCUT2D eigenvalue weighted by Crippen LogP contribution is 2.35. The van der Waals surface area contributed by atoms with Gasteiger partial charge in [-0.1, -0.05) is 35.9 Å². The van der Waals surface area contributed by atoms with Crippen LogP contribution in [0.15, 0.2) is 60.7 Å². The molecule has 3 aromatic carbocycles. The molecule has 1 N–H and O–H groups in total. The topological polar surface area (TPSA) is 49.0 Å². The first-order chi connectivity index (χ1) is 14.2. The van der Waals surface area contributed by atoms with Crippen molar-refractivity contribution in [3.05, 3.63) is 76.8 Å². The summed E-state index contributed by atoms with van der Waals surface area (Å²) in [6, 6.07) is 19.3. The number of fused-ring (bicyclic) bond motifs is 1. The lowest BCUT2D eigenvalue weighted by Crippen LogP contribution is -2.15. The lowest BCUT2D eigenvalue weighted by molar-refractivity contribution is 0.171. The van der Waals surface area contributed by atoms with Crippen molar-refractivity contribution >= 4 is 17.3 Å². The molecule has 0 atom stereocenters. The van der Waals surface area contributed by atoms with Gasteiger partial charge >= 0.3 is 0 Å². The van der Waals surface area contributed by atoms with Gasteiger partial charge in [-0.2, -0.15) is 0 Å². The zero-order chi connectivity index (χ0) is 20.1. The Balaban J connectivity index is 1.49. The van der Waals surface area contributed by atoms with Crippen LogP contribution in [0.4, 0.5) is 5.69 Å². The molecule has 0 bridgehead atoms. The molecule has 0 fully saturated rings. The number of hydrogen-bond donors (Lipinski definition) is 1. The van der Waals surface area contributed by atoms with Gasteiger partial charge in [-0.15, -0.1) is 0 Å². The smallest absolute Gasteiger partial charge is 0.166 e. The summed E-state index contributed by atoms with van der Waals surface area (Å²) in [6.07, 6.45) is 0. The number of anilines is 1. The molecular formula is C23H22ClNO4. The minimum atomic E-state index is 0.401. The number of methoxy groups -OCH3 is 1. The molecule has 3 aromatic rings. The third-order valence-corrected chi connectivity index (χ3v) is 4.81. The lowest BCUT2D eigenvalue weighted by atomic mass is 10.1. The summed E-state index contributed by atoms with van der Waals surface area (Å²) in [7, 11) is 1.64. The Hall–Kier alpha value is -3.05. The summed E-state index contributed by atoms with van der Waals surface area (Å²) < 4.78 is 22.8. The van der Waals surface area contributed by atoms with Crippen LogP contribution in [-0.4, -0.2) is 20.3 Å². The highest BCUT2D eigenvalue weighted by molar-refractivity contribution is 6.30. The molecule has 0 spiro atoms. The number of hydrogen-bond acceptors (Lipinski definition) is 5. The second-order valence-corrected chi connectivity index (χ2v) is 7.02. The van der Waals surface area contributed by atoms with Gasteiger partial charge in [0.1, 0.15) is 19.8 Å². The van der Waals surface area contributed by atoms with Crippen LogP contribution < -0.4 is 24.3 Å². The van der Waals surface area contributed by atoms with E-state index >= 15 is 0 Å². The lowest BCUT2D eigenvalue weighted by Gasteiger charge is -2.20. The molecule has 0 aliphatic carbocycles. The van der Waals surface area contributed by atoms with E-state index in [0.29, 0.717) is 42.9 Å². The largest absolute Gasteiger partial charge is 0.493 e. The average Bonchev–Trinajstić information content (AvgIpc) is 2.76. The van der Waals surface area contributed by atoms with E-state index in [0.717, 1.165) is 28.3 Å². The number of ether oxygens (including phenoxy) is 4. The maximum atomic E-state index is 6.11. The van der Waals surface area contributed by atoms with Crippen molar-refractivity contribution in [3.8, 4) is 23.0 Å². The zero-order valence-corrected chi connectivity index (χ0v) is 16.9. The van der Waals surface area contributed by atoms with E-state index in [1.165, 1.54) is 0 Å². The predicted molar refractivity (Wildman–Crippen MR) is 114 cm³/mol. The Morgan fingerprint density at radius 1 is 0.966 bits per heavy atom. The van der Waals surface area contributed by atoms with E-state index in [4.69, 9.17) is 30.5 Å². The standard InChI is InChI=1S/C23H22ClNO4/c1-26-21-7-3-5-17(23(21)29-15-16-4-2-6-18(24)12-16)14-25-19-8-9-20-22(13-19)28-11-10-27-20/h2-9,12-13,25H,10-11,14-15H2,1H3. The zero-order valence-electron chi connectivity index (χ0n) is 16.1. The minimum Gasteiger partial charge on any atom is -0.493 e. The van der Waals surface area contributed by atoms with E-state index in [-0.39, 0.29) is 0 Å². The molecule has 4 rings (SSSR count). The van der Waals surface area contributed by atoms with Gasteiger partial charge in [0, 0.05) is 28.9 Å². The Bertz CT molecular complexity index is 992. The van der Waals surface area contributed by atoms with Gasteiger partial charge < -0.3 is 24.3 Å². The molecule has 29 heavy (non-hydrogen) atoms. The van der Waals surface area contributed by atoms with Crippen LogP contribution in [-0.2, 0) is 13.2 Å². The second kappa shape index (κ2) is 8.97. The molecule has 1 aliphatic rings. The Morgan fingerprint density at radius 3 is 2.62 bits per heavy atom. The van der Waals surface area contributed by atoms with E-state index < -0.39 is 0 Å². The van der Waals surface area contributed by atoms with Crippen LogP contribution in [0.5, 0.6) is 23.0 Å². The summed E-state index contributed by atoms with van der Waals surface area (Å²) in [5.74, 6) is 2.92. The molecule has 6 heteroatoms. The van der Waals surface area contributed by atoms with Crippen molar-refractivity contribution in [2.75, 3.05) is 25.6 Å². The molecule has 0 radical (unpaired) electrons. The van der Waals surface area contributed by atoms with Gasteiger partial charge in [-0.05, 0) is 35.9 Å². The summed E-state index contributed by atoms with van der Waals surface area (Å²) in [6.45, 7) is 2.12. The Morgan fingerprint density at radius 2 is 1.79 bits per heavy atom. The Kier molecular flexibility index (Phi) is 5.96. The van der Waals surface area contributed by atoms with Crippen molar-refractivity contribution in [3.63, 3.8) is 0 Å². The van der Waals surface area contributed by atoms with Crippen LogP contribution in [0.2, 0.25) is 5.02 Å². The minimum absolute atomic E-state index is 0.401. The summed E-state index contributed by atoms with van der Waals surface area (Å²) in [4.78, 5) is 0. The maximum Gasteiger partial charge on any atom is 0.166 e. The number of para-hydroxylation sites is 1. The first-order valence-electron chi connectivity index (χ1n) is 9.39. The van der Waals surface area contributed by atoms with Gasteiger partial charge in [0.25, 0.3) is 0 Å². The van der Waals surface area contributed by atoms with E-state index in [1.54, 1.807) is 7.11 Å². The molecule has 0 amide bonds. The first kappa shape index (κ1) is 19.3. The molecule has 0 saturated heterocycles. The van der Waals surface area contributed by atoms with E-state index in [2.05, 4.69) is 5.32 Å². The highest BCUT2D eigenvalue weighted by atomic mass is 35.5. The van der Waals surface area contributed by atoms with Crippen LogP contribution in [0.3, 0.4) is 0 Å². The fraction of sp³-hybridized carbons (Fsp3) is 0.217. The number of nitrogens with one attached hydrogen (secondary N) is 1. The van der Waals surface area contributed by atoms with Crippen LogP contribution in [0.25, 0.3) is 0 Å². The molecule has 0 saturated carbocycles. The predicted octanol–water partition coefficient (Wildman–Crippen LogP) is 5.31. The van der Waals surface area contributed by atoms with Crippen molar-refractivity contribution in [2.45, 2.75) is 13.2 Å². The molecule has 1 aliphatic heterocycles. The Labute approximate surface area is 175 Å². The van der Waals surface area contributed by atoms with Crippen molar-refractivity contribution in [1.82, 2.24) is 0 Å². The number of benzene rings is 3. The summed E-state index contributed by atoms with van der Waals surface area (Å²) in [5, 5.41) is 4.10. The molecule has 1 heterocycles. The SMILES string of the molecule is COc1cccc(CNc2ccc3c(c2)OCCO3)c1OCc1cccc(Cl)c1. The monoisotopic (exact) mass is 411 g/mol. The molecule has 5 nitrogen and oxygen atoms in total.